The Labute approximate surface area is 115 Å². The lowest BCUT2D eigenvalue weighted by Gasteiger charge is -2.20. The maximum atomic E-state index is 6.03. The van der Waals surface area contributed by atoms with Crippen LogP contribution in [0.1, 0.15) is 37.4 Å². The number of fused-ring (bicyclic) bond motifs is 1. The minimum absolute atomic E-state index is 0.521. The predicted octanol–water partition coefficient (Wildman–Crippen LogP) is 3.26. The highest BCUT2D eigenvalue weighted by atomic mass is 35.5. The number of nitrogens with zero attached hydrogens (tertiary/aromatic N) is 1. The van der Waals surface area contributed by atoms with Gasteiger partial charge in [-0.05, 0) is 49.2 Å². The van der Waals surface area contributed by atoms with E-state index < -0.39 is 0 Å². The molecule has 0 aliphatic heterocycles. The average molecular weight is 267 g/mol. The zero-order valence-electron chi connectivity index (χ0n) is 11.4. The van der Waals surface area contributed by atoms with Gasteiger partial charge in [-0.2, -0.15) is 0 Å². The summed E-state index contributed by atoms with van der Waals surface area (Å²) in [6.45, 7) is 8.90. The molecule has 0 radical (unpaired) electrons. The van der Waals surface area contributed by atoms with E-state index in [4.69, 9.17) is 11.6 Å². The second kappa shape index (κ2) is 6.55. The third-order valence-electron chi connectivity index (χ3n) is 3.90. The third kappa shape index (κ3) is 3.25. The molecule has 0 spiro atoms. The Bertz CT molecular complexity index is 388. The van der Waals surface area contributed by atoms with Crippen LogP contribution >= 0.6 is 11.6 Å². The standard InChI is InChI=1S/C15H23ClN2/c1-3-18(4-2)10-9-17-15-8-5-12-11-13(16)6-7-14(12)15/h6-7,11,15,17H,3-5,8-10H2,1-2H3. The molecule has 0 fully saturated rings. The molecule has 0 bridgehead atoms. The van der Waals surface area contributed by atoms with E-state index >= 15 is 0 Å². The van der Waals surface area contributed by atoms with Gasteiger partial charge in [-0.3, -0.25) is 0 Å². The summed E-state index contributed by atoms with van der Waals surface area (Å²) < 4.78 is 0. The largest absolute Gasteiger partial charge is 0.309 e. The Morgan fingerprint density at radius 1 is 1.33 bits per heavy atom. The van der Waals surface area contributed by atoms with Crippen LogP contribution in [0.5, 0.6) is 0 Å². The summed E-state index contributed by atoms with van der Waals surface area (Å²) in [5.74, 6) is 0. The van der Waals surface area contributed by atoms with Crippen molar-refractivity contribution in [1.29, 1.82) is 0 Å². The van der Waals surface area contributed by atoms with E-state index in [0.29, 0.717) is 6.04 Å². The monoisotopic (exact) mass is 266 g/mol. The zero-order valence-corrected chi connectivity index (χ0v) is 12.1. The summed E-state index contributed by atoms with van der Waals surface area (Å²) in [5.41, 5.74) is 2.86. The third-order valence-corrected chi connectivity index (χ3v) is 4.13. The minimum Gasteiger partial charge on any atom is -0.309 e. The van der Waals surface area contributed by atoms with Crippen LogP contribution in [0.3, 0.4) is 0 Å². The number of likely N-dealkylation sites (N-methyl/N-ethyl adjacent to an activating group) is 1. The first kappa shape index (κ1) is 13.9. The van der Waals surface area contributed by atoms with E-state index in [1.807, 2.05) is 6.07 Å². The SMILES string of the molecule is CCN(CC)CCNC1CCc2cc(Cl)ccc21. The molecule has 0 amide bonds. The molecule has 1 aromatic rings. The van der Waals surface area contributed by atoms with Gasteiger partial charge in [0.15, 0.2) is 0 Å². The van der Waals surface area contributed by atoms with Gasteiger partial charge >= 0.3 is 0 Å². The van der Waals surface area contributed by atoms with Gasteiger partial charge in [0, 0.05) is 24.2 Å². The van der Waals surface area contributed by atoms with Crippen molar-refractivity contribution in [2.75, 3.05) is 26.2 Å². The molecule has 0 aromatic heterocycles. The zero-order chi connectivity index (χ0) is 13.0. The fourth-order valence-electron chi connectivity index (χ4n) is 2.73. The van der Waals surface area contributed by atoms with Gasteiger partial charge in [0.1, 0.15) is 0 Å². The van der Waals surface area contributed by atoms with E-state index in [2.05, 4.69) is 36.2 Å². The Balaban J connectivity index is 1.86. The molecule has 1 aromatic carbocycles. The second-order valence-corrected chi connectivity index (χ2v) is 5.35. The summed E-state index contributed by atoms with van der Waals surface area (Å²) in [7, 11) is 0. The van der Waals surface area contributed by atoms with Crippen LogP contribution in [-0.4, -0.2) is 31.1 Å². The predicted molar refractivity (Wildman–Crippen MR) is 78.3 cm³/mol. The molecule has 0 saturated heterocycles. The molecule has 100 valence electrons. The highest BCUT2D eigenvalue weighted by Gasteiger charge is 2.21. The lowest BCUT2D eigenvalue weighted by molar-refractivity contribution is 0.296. The summed E-state index contributed by atoms with van der Waals surface area (Å²) >= 11 is 6.03. The average Bonchev–Trinajstić information content (AvgIpc) is 2.77. The fraction of sp³-hybridized carbons (Fsp3) is 0.600. The Kier molecular flexibility index (Phi) is 5.04. The van der Waals surface area contributed by atoms with E-state index in [1.165, 1.54) is 17.5 Å². The first-order valence-corrected chi connectivity index (χ1v) is 7.36. The molecule has 2 rings (SSSR count). The van der Waals surface area contributed by atoms with Gasteiger partial charge in [0.25, 0.3) is 0 Å². The molecule has 0 heterocycles. The summed E-state index contributed by atoms with van der Waals surface area (Å²) in [6, 6.07) is 6.82. The van der Waals surface area contributed by atoms with Crippen LogP contribution in [0.4, 0.5) is 0 Å². The van der Waals surface area contributed by atoms with E-state index in [-0.39, 0.29) is 0 Å². The lowest BCUT2D eigenvalue weighted by Crippen LogP contribution is -2.33. The molecule has 3 heteroatoms. The van der Waals surface area contributed by atoms with Crippen molar-refractivity contribution in [2.24, 2.45) is 0 Å². The molecular formula is C15H23ClN2. The van der Waals surface area contributed by atoms with Gasteiger partial charge in [0.05, 0.1) is 0 Å². The van der Waals surface area contributed by atoms with Gasteiger partial charge in [-0.15, -0.1) is 0 Å². The summed E-state index contributed by atoms with van der Waals surface area (Å²) in [5, 5.41) is 4.53. The van der Waals surface area contributed by atoms with E-state index in [0.717, 1.165) is 37.6 Å². The van der Waals surface area contributed by atoms with Gasteiger partial charge in [-0.1, -0.05) is 31.5 Å². The number of benzene rings is 1. The quantitative estimate of drug-likeness (QED) is 0.850. The smallest absolute Gasteiger partial charge is 0.0408 e. The van der Waals surface area contributed by atoms with Gasteiger partial charge in [-0.25, -0.2) is 0 Å². The van der Waals surface area contributed by atoms with Crippen LogP contribution in [-0.2, 0) is 6.42 Å². The molecule has 2 nitrogen and oxygen atoms in total. The summed E-state index contributed by atoms with van der Waals surface area (Å²) in [4.78, 5) is 2.45. The fourth-order valence-corrected chi connectivity index (χ4v) is 2.93. The van der Waals surface area contributed by atoms with Crippen molar-refractivity contribution >= 4 is 11.6 Å². The number of hydrogen-bond acceptors (Lipinski definition) is 2. The second-order valence-electron chi connectivity index (χ2n) is 4.92. The van der Waals surface area contributed by atoms with Crippen molar-refractivity contribution in [1.82, 2.24) is 10.2 Å². The maximum Gasteiger partial charge on any atom is 0.0408 e. The first-order chi connectivity index (χ1) is 8.74. The Morgan fingerprint density at radius 3 is 2.83 bits per heavy atom. The molecule has 1 aliphatic rings. The van der Waals surface area contributed by atoms with Crippen LogP contribution in [0, 0.1) is 0 Å². The van der Waals surface area contributed by atoms with E-state index in [1.54, 1.807) is 0 Å². The molecule has 1 unspecified atom stereocenters. The summed E-state index contributed by atoms with van der Waals surface area (Å²) in [6.07, 6.45) is 2.35. The van der Waals surface area contributed by atoms with E-state index in [9.17, 15) is 0 Å². The highest BCUT2D eigenvalue weighted by Crippen LogP contribution is 2.32. The highest BCUT2D eigenvalue weighted by molar-refractivity contribution is 6.30. The molecule has 1 atom stereocenters. The van der Waals surface area contributed by atoms with Crippen molar-refractivity contribution in [3.8, 4) is 0 Å². The number of halogens is 1. The molecular weight excluding hydrogens is 244 g/mol. The van der Waals surface area contributed by atoms with Crippen molar-refractivity contribution in [3.05, 3.63) is 34.3 Å². The normalized spacial score (nSPS) is 18.3. The Hall–Kier alpha value is -0.570. The van der Waals surface area contributed by atoms with Crippen LogP contribution in [0.25, 0.3) is 0 Å². The minimum atomic E-state index is 0.521. The first-order valence-electron chi connectivity index (χ1n) is 6.98. The van der Waals surface area contributed by atoms with Gasteiger partial charge < -0.3 is 10.2 Å². The topological polar surface area (TPSA) is 15.3 Å². The number of rotatable bonds is 6. The van der Waals surface area contributed by atoms with Gasteiger partial charge in [0.2, 0.25) is 0 Å². The van der Waals surface area contributed by atoms with Crippen molar-refractivity contribution in [3.63, 3.8) is 0 Å². The van der Waals surface area contributed by atoms with Crippen LogP contribution in [0.2, 0.25) is 5.02 Å². The maximum absolute atomic E-state index is 6.03. The Morgan fingerprint density at radius 2 is 2.11 bits per heavy atom. The number of hydrogen-bond donors (Lipinski definition) is 1. The molecule has 18 heavy (non-hydrogen) atoms. The lowest BCUT2D eigenvalue weighted by atomic mass is 10.1. The van der Waals surface area contributed by atoms with Crippen molar-refractivity contribution < 1.29 is 0 Å². The van der Waals surface area contributed by atoms with Crippen LogP contribution in [0.15, 0.2) is 18.2 Å². The van der Waals surface area contributed by atoms with Crippen LogP contribution < -0.4 is 5.32 Å². The van der Waals surface area contributed by atoms with Crippen molar-refractivity contribution in [2.45, 2.75) is 32.7 Å². The molecule has 1 N–H and O–H groups in total. The number of aryl methyl sites for hydroxylation is 1. The molecule has 1 aliphatic carbocycles. The number of nitrogens with one attached hydrogen (secondary N) is 1. The molecule has 0 saturated carbocycles.